The molecule has 41 heavy (non-hydrogen) atoms. The van der Waals surface area contributed by atoms with E-state index in [0.29, 0.717) is 27.4 Å². The van der Waals surface area contributed by atoms with E-state index in [-0.39, 0.29) is 5.82 Å². The highest BCUT2D eigenvalue weighted by molar-refractivity contribution is 6.30. The van der Waals surface area contributed by atoms with Gasteiger partial charge in [-0.1, -0.05) is 72.3 Å². The zero-order chi connectivity index (χ0) is 28.7. The minimum Gasteiger partial charge on any atom is -0.383 e. The highest BCUT2D eigenvalue weighted by atomic mass is 35.5. The monoisotopic (exact) mass is 549 g/mol. The quantitative estimate of drug-likeness (QED) is 0.243. The van der Waals surface area contributed by atoms with E-state index >= 15 is 0 Å². The van der Waals surface area contributed by atoms with Crippen molar-refractivity contribution < 1.29 is 0 Å². The predicted octanol–water partition coefficient (Wildman–Crippen LogP) is 8.47. The molecule has 6 rings (SSSR count). The molecule has 0 bridgehead atoms. The number of fused-ring (bicyclic) bond motifs is 1. The zero-order valence-corrected chi connectivity index (χ0v) is 23.2. The first-order chi connectivity index (χ1) is 19.9. The Kier molecular flexibility index (Phi) is 6.52. The molecular formula is C35H24ClN5. The lowest BCUT2D eigenvalue weighted by Gasteiger charge is -2.16. The SMILES string of the molecule is CC1=C(C#N)c2nc(N)c(C#N)c(C)c2/C1=C/c1cc(-c2ccccc2)n(-c2ccc(Cl)cc2)c1-c1ccccc1. The average Bonchev–Trinajstić information content (AvgIpc) is 3.49. The molecule has 2 N–H and O–H groups in total. The molecule has 0 atom stereocenters. The topological polar surface area (TPSA) is 91.4 Å². The third-order valence-corrected chi connectivity index (χ3v) is 7.77. The summed E-state index contributed by atoms with van der Waals surface area (Å²) in [6.07, 6.45) is 2.10. The van der Waals surface area contributed by atoms with Crippen molar-refractivity contribution >= 4 is 34.6 Å². The molecule has 0 saturated heterocycles. The first-order valence-electron chi connectivity index (χ1n) is 13.1. The van der Waals surface area contributed by atoms with Gasteiger partial charge in [0.2, 0.25) is 0 Å². The Labute approximate surface area is 243 Å². The molecule has 0 radical (unpaired) electrons. The van der Waals surface area contributed by atoms with Gasteiger partial charge in [-0.3, -0.25) is 0 Å². The minimum atomic E-state index is 0.135. The van der Waals surface area contributed by atoms with E-state index in [0.717, 1.165) is 50.5 Å². The standard InChI is InChI=1S/C35H24ClN5/c1-21-28(32-22(2)30(20-38)35(39)40-33(32)29(21)19-37)17-25-18-31(23-9-5-3-6-10-23)41(27-15-13-26(36)14-16-27)34(25)24-11-7-4-8-12-24/h3-18H,1-2H3,(H2,39,40)/b28-17+. The maximum Gasteiger partial charge on any atom is 0.142 e. The van der Waals surface area contributed by atoms with Crippen molar-refractivity contribution in [3.8, 4) is 40.3 Å². The van der Waals surface area contributed by atoms with E-state index < -0.39 is 0 Å². The Morgan fingerprint density at radius 3 is 2.10 bits per heavy atom. The molecule has 6 heteroatoms. The molecule has 0 saturated carbocycles. The van der Waals surface area contributed by atoms with Crippen LogP contribution in [0.2, 0.25) is 5.02 Å². The van der Waals surface area contributed by atoms with Crippen LogP contribution in [0.25, 0.3) is 45.4 Å². The summed E-state index contributed by atoms with van der Waals surface area (Å²) in [5.41, 5.74) is 16.6. The van der Waals surface area contributed by atoms with Gasteiger partial charge in [0.15, 0.2) is 0 Å². The fraction of sp³-hybridized carbons (Fsp3) is 0.0571. The van der Waals surface area contributed by atoms with Gasteiger partial charge in [-0.2, -0.15) is 10.5 Å². The Hall–Kier alpha value is -5.36. The van der Waals surface area contributed by atoms with Crippen LogP contribution in [0.15, 0.2) is 96.6 Å². The van der Waals surface area contributed by atoms with Gasteiger partial charge in [0.1, 0.15) is 18.0 Å². The van der Waals surface area contributed by atoms with Crippen molar-refractivity contribution in [1.82, 2.24) is 9.55 Å². The lowest BCUT2D eigenvalue weighted by atomic mass is 9.95. The number of hydrogen-bond donors (Lipinski definition) is 1. The van der Waals surface area contributed by atoms with Crippen molar-refractivity contribution in [3.05, 3.63) is 130 Å². The Bertz CT molecular complexity index is 1970. The second kappa shape index (κ2) is 10.3. The molecular weight excluding hydrogens is 526 g/mol. The average molecular weight is 550 g/mol. The summed E-state index contributed by atoms with van der Waals surface area (Å²) in [5, 5.41) is 20.6. The first-order valence-corrected chi connectivity index (χ1v) is 13.5. The van der Waals surface area contributed by atoms with Crippen LogP contribution >= 0.6 is 11.6 Å². The zero-order valence-electron chi connectivity index (χ0n) is 22.5. The third-order valence-electron chi connectivity index (χ3n) is 7.52. The van der Waals surface area contributed by atoms with Gasteiger partial charge >= 0.3 is 0 Å². The van der Waals surface area contributed by atoms with Gasteiger partial charge in [-0.25, -0.2) is 4.98 Å². The summed E-state index contributed by atoms with van der Waals surface area (Å²) in [6.45, 7) is 3.79. The molecule has 196 valence electrons. The lowest BCUT2D eigenvalue weighted by molar-refractivity contribution is 1.09. The molecule has 2 heterocycles. The van der Waals surface area contributed by atoms with Gasteiger partial charge in [0.05, 0.1) is 28.2 Å². The number of nitrogen functional groups attached to an aromatic ring is 1. The number of nitrogens with two attached hydrogens (primary N) is 1. The summed E-state index contributed by atoms with van der Waals surface area (Å²) < 4.78 is 2.24. The van der Waals surface area contributed by atoms with E-state index in [9.17, 15) is 10.5 Å². The number of nitrogens with zero attached hydrogens (tertiary/aromatic N) is 4. The lowest BCUT2D eigenvalue weighted by Crippen LogP contribution is -2.04. The minimum absolute atomic E-state index is 0.135. The van der Waals surface area contributed by atoms with Gasteiger partial charge < -0.3 is 10.3 Å². The molecule has 0 amide bonds. The van der Waals surface area contributed by atoms with Crippen molar-refractivity contribution in [2.45, 2.75) is 13.8 Å². The van der Waals surface area contributed by atoms with Crippen LogP contribution in [-0.2, 0) is 0 Å². The van der Waals surface area contributed by atoms with Crippen LogP contribution in [0.4, 0.5) is 5.82 Å². The number of halogens is 1. The molecule has 0 aliphatic heterocycles. The predicted molar refractivity (Wildman–Crippen MR) is 166 cm³/mol. The summed E-state index contributed by atoms with van der Waals surface area (Å²) in [6, 6.07) is 34.9. The number of rotatable bonds is 4. The molecule has 0 fully saturated rings. The fourth-order valence-corrected chi connectivity index (χ4v) is 5.69. The summed E-state index contributed by atoms with van der Waals surface area (Å²) in [5.74, 6) is 0.135. The molecule has 0 unspecified atom stereocenters. The van der Waals surface area contributed by atoms with Crippen molar-refractivity contribution in [2.24, 2.45) is 0 Å². The van der Waals surface area contributed by atoms with E-state index in [1.54, 1.807) is 0 Å². The van der Waals surface area contributed by atoms with Gasteiger partial charge in [-0.15, -0.1) is 0 Å². The van der Waals surface area contributed by atoms with Crippen LogP contribution in [0, 0.1) is 29.6 Å². The number of benzene rings is 3. The van der Waals surface area contributed by atoms with E-state index in [1.165, 1.54) is 0 Å². The van der Waals surface area contributed by atoms with E-state index in [2.05, 4.69) is 58.1 Å². The van der Waals surface area contributed by atoms with Crippen LogP contribution < -0.4 is 5.73 Å². The Morgan fingerprint density at radius 1 is 0.854 bits per heavy atom. The smallest absolute Gasteiger partial charge is 0.142 e. The molecule has 5 aromatic rings. The molecule has 0 spiro atoms. The Morgan fingerprint density at radius 2 is 1.49 bits per heavy atom. The van der Waals surface area contributed by atoms with Crippen molar-refractivity contribution in [1.29, 1.82) is 10.5 Å². The molecule has 1 aliphatic rings. The van der Waals surface area contributed by atoms with Crippen LogP contribution in [0.5, 0.6) is 0 Å². The van der Waals surface area contributed by atoms with Crippen molar-refractivity contribution in [3.63, 3.8) is 0 Å². The van der Waals surface area contributed by atoms with E-state index in [4.69, 9.17) is 17.3 Å². The summed E-state index contributed by atoms with van der Waals surface area (Å²) in [4.78, 5) is 4.50. The third kappa shape index (κ3) is 4.30. The first kappa shape index (κ1) is 25.9. The number of aromatic nitrogens is 2. The number of pyridine rings is 1. The van der Waals surface area contributed by atoms with E-state index in [1.807, 2.05) is 74.5 Å². The normalized spacial score (nSPS) is 13.2. The summed E-state index contributed by atoms with van der Waals surface area (Å²) >= 11 is 6.29. The molecule has 5 nitrogen and oxygen atoms in total. The maximum absolute atomic E-state index is 10.1. The molecule has 2 aromatic heterocycles. The summed E-state index contributed by atoms with van der Waals surface area (Å²) in [7, 11) is 0. The van der Waals surface area contributed by atoms with Gasteiger partial charge in [0, 0.05) is 21.8 Å². The number of nitriles is 2. The number of hydrogen-bond acceptors (Lipinski definition) is 4. The second-order valence-electron chi connectivity index (χ2n) is 9.88. The van der Waals surface area contributed by atoms with Crippen LogP contribution in [-0.4, -0.2) is 9.55 Å². The largest absolute Gasteiger partial charge is 0.383 e. The second-order valence-corrected chi connectivity index (χ2v) is 10.3. The van der Waals surface area contributed by atoms with Crippen LogP contribution in [0.3, 0.4) is 0 Å². The van der Waals surface area contributed by atoms with Gasteiger partial charge in [-0.05, 0) is 78.1 Å². The number of allylic oxidation sites excluding steroid dienone is 3. The van der Waals surface area contributed by atoms with Crippen LogP contribution in [0.1, 0.15) is 34.9 Å². The molecule has 1 aliphatic carbocycles. The highest BCUT2D eigenvalue weighted by Crippen LogP contribution is 2.46. The molecule has 3 aromatic carbocycles. The maximum atomic E-state index is 10.1. The fourth-order valence-electron chi connectivity index (χ4n) is 5.56. The van der Waals surface area contributed by atoms with Crippen molar-refractivity contribution in [2.75, 3.05) is 5.73 Å². The number of anilines is 1. The highest BCUT2D eigenvalue weighted by Gasteiger charge is 2.30. The van der Waals surface area contributed by atoms with Gasteiger partial charge in [0.25, 0.3) is 0 Å². The Balaban J connectivity index is 1.72.